The minimum atomic E-state index is -0.844. The van der Waals surface area contributed by atoms with E-state index in [0.29, 0.717) is 0 Å². The SMILES string of the molecule is CC.COC(=O)NCCON=C(NC(=O)OC(C)(C)C)NC(=O)OC(C)(C)C.c1ccccc1. The minimum absolute atomic E-state index is 0.0371. The number of hydrogen-bond donors (Lipinski definition) is 3. The average Bonchev–Trinajstić information content (AvgIpc) is 2.73. The van der Waals surface area contributed by atoms with Gasteiger partial charge < -0.3 is 24.4 Å². The van der Waals surface area contributed by atoms with Crippen molar-refractivity contribution in [1.82, 2.24) is 16.0 Å². The van der Waals surface area contributed by atoms with Crippen molar-refractivity contribution in [3.05, 3.63) is 36.4 Å². The topological polar surface area (TPSA) is 137 Å². The predicted octanol–water partition coefficient (Wildman–Crippen LogP) is 4.39. The number of guanidine groups is 1. The van der Waals surface area contributed by atoms with E-state index in [1.54, 1.807) is 41.5 Å². The molecule has 0 bridgehead atoms. The Morgan fingerprint density at radius 2 is 1.12 bits per heavy atom. The van der Waals surface area contributed by atoms with Gasteiger partial charge in [-0.05, 0) is 46.7 Å². The van der Waals surface area contributed by atoms with Crippen LogP contribution in [0, 0.1) is 0 Å². The lowest BCUT2D eigenvalue weighted by Crippen LogP contribution is -2.47. The first kappa shape index (κ1) is 32.7. The van der Waals surface area contributed by atoms with Crippen molar-refractivity contribution in [2.45, 2.75) is 66.6 Å². The van der Waals surface area contributed by atoms with Gasteiger partial charge >= 0.3 is 18.3 Å². The molecule has 194 valence electrons. The van der Waals surface area contributed by atoms with E-state index in [0.717, 1.165) is 0 Å². The zero-order valence-electron chi connectivity index (χ0n) is 21.7. The number of oxime groups is 1. The van der Waals surface area contributed by atoms with Gasteiger partial charge in [-0.25, -0.2) is 14.4 Å². The monoisotopic (exact) mass is 484 g/mol. The Hall–Kier alpha value is -3.50. The Bertz CT molecular complexity index is 668. The summed E-state index contributed by atoms with van der Waals surface area (Å²) in [6, 6.07) is 12.0. The Balaban J connectivity index is 0. The van der Waals surface area contributed by atoms with Crippen molar-refractivity contribution >= 4 is 24.2 Å². The summed E-state index contributed by atoms with van der Waals surface area (Å²) in [6.07, 6.45) is -2.32. The fourth-order valence-electron chi connectivity index (χ4n) is 1.64. The maximum Gasteiger partial charge on any atom is 0.414 e. The second-order valence-corrected chi connectivity index (χ2v) is 8.10. The molecule has 0 fully saturated rings. The van der Waals surface area contributed by atoms with Gasteiger partial charge in [-0.1, -0.05) is 50.2 Å². The lowest BCUT2D eigenvalue weighted by Gasteiger charge is -2.21. The van der Waals surface area contributed by atoms with Gasteiger partial charge in [0.2, 0.25) is 0 Å². The zero-order chi connectivity index (χ0) is 26.6. The lowest BCUT2D eigenvalue weighted by atomic mass is 10.2. The van der Waals surface area contributed by atoms with E-state index in [1.807, 2.05) is 50.2 Å². The summed E-state index contributed by atoms with van der Waals surface area (Å²) in [5.74, 6) is -0.327. The highest BCUT2D eigenvalue weighted by molar-refractivity contribution is 6.01. The third-order valence-electron chi connectivity index (χ3n) is 2.71. The number of carbonyl (C=O) groups excluding carboxylic acids is 3. The Morgan fingerprint density at radius 1 is 0.735 bits per heavy atom. The van der Waals surface area contributed by atoms with Crippen LogP contribution in [0.4, 0.5) is 14.4 Å². The van der Waals surface area contributed by atoms with E-state index in [-0.39, 0.29) is 19.1 Å². The molecular formula is C23H40N4O7. The fourth-order valence-corrected chi connectivity index (χ4v) is 1.64. The minimum Gasteiger partial charge on any atom is -0.453 e. The number of benzene rings is 1. The van der Waals surface area contributed by atoms with Crippen LogP contribution in [0.25, 0.3) is 0 Å². The molecule has 3 amide bonds. The molecule has 0 aromatic heterocycles. The number of rotatable bonds is 4. The lowest BCUT2D eigenvalue weighted by molar-refractivity contribution is 0.0535. The third kappa shape index (κ3) is 23.2. The molecule has 0 unspecified atom stereocenters. The van der Waals surface area contributed by atoms with Crippen LogP contribution >= 0.6 is 0 Å². The molecule has 11 heteroatoms. The Labute approximate surface area is 202 Å². The van der Waals surface area contributed by atoms with Crippen LogP contribution in [0.1, 0.15) is 55.4 Å². The number of nitrogens with one attached hydrogen (secondary N) is 3. The molecule has 1 aromatic rings. The first-order chi connectivity index (χ1) is 15.8. The number of carbonyl (C=O) groups is 3. The van der Waals surface area contributed by atoms with Crippen LogP contribution in [-0.2, 0) is 19.0 Å². The molecule has 11 nitrogen and oxygen atoms in total. The summed E-state index contributed by atoms with van der Waals surface area (Å²) >= 11 is 0. The third-order valence-corrected chi connectivity index (χ3v) is 2.71. The second kappa shape index (κ2) is 18.0. The normalized spacial score (nSPS) is 9.91. The number of hydrogen-bond acceptors (Lipinski definition) is 8. The van der Waals surface area contributed by atoms with Crippen molar-refractivity contribution in [2.75, 3.05) is 20.3 Å². The van der Waals surface area contributed by atoms with E-state index in [1.165, 1.54) is 7.11 Å². The van der Waals surface area contributed by atoms with E-state index in [2.05, 4.69) is 25.8 Å². The molecule has 0 radical (unpaired) electrons. The first-order valence-corrected chi connectivity index (χ1v) is 10.8. The summed E-state index contributed by atoms with van der Waals surface area (Å²) in [4.78, 5) is 39.5. The molecule has 0 heterocycles. The molecule has 34 heavy (non-hydrogen) atoms. The predicted molar refractivity (Wildman–Crippen MR) is 130 cm³/mol. The van der Waals surface area contributed by atoms with Crippen molar-refractivity contribution in [2.24, 2.45) is 5.16 Å². The number of methoxy groups -OCH3 is 1. The molecular weight excluding hydrogens is 444 g/mol. The summed E-state index contributed by atoms with van der Waals surface area (Å²) in [5.41, 5.74) is -1.49. The fraction of sp³-hybridized carbons (Fsp3) is 0.565. The highest BCUT2D eigenvalue weighted by Crippen LogP contribution is 2.07. The maximum atomic E-state index is 11.8. The molecule has 1 rings (SSSR count). The summed E-state index contributed by atoms with van der Waals surface area (Å²) in [5, 5.41) is 10.4. The average molecular weight is 485 g/mol. The standard InChI is InChI=1S/C15H28N4O7.C6H6.C2H6/c1-14(2,3)25-12(21)17-10(18-13(22)26-15(4,5)6)19-24-9-8-16-11(20)23-7;1-2-4-6-5-3-1;1-2/h8-9H2,1-7H3,(H,16,20)(H2,17,18,19,21,22);1-6H;1-2H3. The van der Waals surface area contributed by atoms with E-state index in [4.69, 9.17) is 14.3 Å². The second-order valence-electron chi connectivity index (χ2n) is 8.10. The van der Waals surface area contributed by atoms with Gasteiger partial charge in [-0.2, -0.15) is 0 Å². The number of ether oxygens (including phenoxy) is 3. The van der Waals surface area contributed by atoms with E-state index >= 15 is 0 Å². The maximum absolute atomic E-state index is 11.8. The molecule has 1 aromatic carbocycles. The number of alkyl carbamates (subject to hydrolysis) is 3. The van der Waals surface area contributed by atoms with Crippen LogP contribution in [0.5, 0.6) is 0 Å². The Morgan fingerprint density at radius 3 is 1.44 bits per heavy atom. The molecule has 0 spiro atoms. The van der Waals surface area contributed by atoms with E-state index < -0.39 is 29.5 Å². The van der Waals surface area contributed by atoms with Gasteiger partial charge in [0, 0.05) is 0 Å². The number of nitrogens with zero attached hydrogens (tertiary/aromatic N) is 1. The molecule has 0 aliphatic rings. The molecule has 0 atom stereocenters. The number of amides is 3. The first-order valence-electron chi connectivity index (χ1n) is 10.8. The van der Waals surface area contributed by atoms with Gasteiger partial charge in [0.05, 0.1) is 13.7 Å². The van der Waals surface area contributed by atoms with Crippen molar-refractivity contribution < 1.29 is 33.4 Å². The summed E-state index contributed by atoms with van der Waals surface area (Å²) < 4.78 is 14.5. The van der Waals surface area contributed by atoms with Crippen molar-refractivity contribution in [1.29, 1.82) is 0 Å². The van der Waals surface area contributed by atoms with Crippen molar-refractivity contribution in [3.8, 4) is 0 Å². The van der Waals surface area contributed by atoms with Gasteiger partial charge in [-0.3, -0.25) is 10.6 Å². The molecule has 3 N–H and O–H groups in total. The van der Waals surface area contributed by atoms with Gasteiger partial charge in [-0.15, -0.1) is 0 Å². The summed E-state index contributed by atoms with van der Waals surface area (Å²) in [6.45, 7) is 14.1. The van der Waals surface area contributed by atoms with Crippen LogP contribution in [0.3, 0.4) is 0 Å². The summed E-state index contributed by atoms with van der Waals surface area (Å²) in [7, 11) is 1.22. The quantitative estimate of drug-likeness (QED) is 0.189. The Kier molecular flexibility index (Phi) is 17.3. The molecule has 0 aliphatic carbocycles. The van der Waals surface area contributed by atoms with Crippen LogP contribution in [0.2, 0.25) is 0 Å². The van der Waals surface area contributed by atoms with Gasteiger partial charge in [0.25, 0.3) is 5.96 Å². The zero-order valence-corrected chi connectivity index (χ0v) is 21.7. The molecule has 0 saturated heterocycles. The van der Waals surface area contributed by atoms with Crippen LogP contribution in [-0.4, -0.2) is 55.7 Å². The van der Waals surface area contributed by atoms with Gasteiger partial charge in [0.15, 0.2) is 0 Å². The highest BCUT2D eigenvalue weighted by atomic mass is 16.6. The smallest absolute Gasteiger partial charge is 0.414 e. The van der Waals surface area contributed by atoms with Gasteiger partial charge in [0.1, 0.15) is 17.8 Å². The molecule has 0 aliphatic heterocycles. The van der Waals surface area contributed by atoms with Crippen LogP contribution in [0.15, 0.2) is 41.6 Å². The highest BCUT2D eigenvalue weighted by Gasteiger charge is 2.21. The van der Waals surface area contributed by atoms with Crippen molar-refractivity contribution in [3.63, 3.8) is 0 Å². The largest absolute Gasteiger partial charge is 0.453 e. The van der Waals surface area contributed by atoms with E-state index in [9.17, 15) is 14.4 Å². The van der Waals surface area contributed by atoms with Crippen LogP contribution < -0.4 is 16.0 Å². The molecule has 0 saturated carbocycles.